The molecule has 13 aromatic rings. The third kappa shape index (κ3) is 5.14. The van der Waals surface area contributed by atoms with Gasteiger partial charge in [-0.15, -0.1) is 0 Å². The molecular weight excluding hydrogens is 753 g/mol. The largest absolute Gasteiger partial charge is 0.309 e. The topological polar surface area (TPSA) is 35.6 Å². The molecule has 4 nitrogen and oxygen atoms in total. The van der Waals surface area contributed by atoms with Gasteiger partial charge < -0.3 is 4.57 Å². The maximum atomic E-state index is 5.60. The van der Waals surface area contributed by atoms with Crippen LogP contribution < -0.4 is 0 Å². The first kappa shape index (κ1) is 34.5. The summed E-state index contributed by atoms with van der Waals surface area (Å²) in [6.07, 6.45) is 0. The fourth-order valence-corrected chi connectivity index (χ4v) is 10.0. The van der Waals surface area contributed by atoms with Crippen LogP contribution in [0, 0.1) is 0 Å². The number of benzene rings is 10. The van der Waals surface area contributed by atoms with E-state index in [0.717, 1.165) is 60.4 Å². The van der Waals surface area contributed by atoms with Crippen molar-refractivity contribution in [3.63, 3.8) is 0 Å². The molecule has 0 bridgehead atoms. The Labute approximate surface area is 357 Å². The molecule has 0 atom stereocenters. The van der Waals surface area contributed by atoms with E-state index >= 15 is 0 Å². The monoisotopic (exact) mass is 788 g/mol. The number of nitrogens with zero attached hydrogens (tertiary/aromatic N) is 4. The van der Waals surface area contributed by atoms with Gasteiger partial charge in [-0.05, 0) is 80.9 Å². The minimum absolute atomic E-state index is 0.646. The van der Waals surface area contributed by atoms with Crippen molar-refractivity contribution in [1.29, 1.82) is 0 Å². The predicted octanol–water partition coefficient (Wildman–Crippen LogP) is 15.1. The van der Waals surface area contributed by atoms with Gasteiger partial charge in [0.15, 0.2) is 0 Å². The van der Waals surface area contributed by atoms with Gasteiger partial charge in [0, 0.05) is 43.6 Å². The van der Waals surface area contributed by atoms with Crippen molar-refractivity contribution in [2.24, 2.45) is 0 Å². The molecule has 0 unspecified atom stereocenters. The molecular formula is C58H36N4. The second-order valence-corrected chi connectivity index (χ2v) is 16.1. The van der Waals surface area contributed by atoms with E-state index in [2.05, 4.69) is 228 Å². The zero-order valence-electron chi connectivity index (χ0n) is 33.6. The lowest BCUT2D eigenvalue weighted by Crippen LogP contribution is -2.04. The van der Waals surface area contributed by atoms with Crippen LogP contribution in [0.5, 0.6) is 0 Å². The van der Waals surface area contributed by atoms with E-state index in [1.165, 1.54) is 54.8 Å². The van der Waals surface area contributed by atoms with Gasteiger partial charge in [0.2, 0.25) is 5.95 Å². The van der Waals surface area contributed by atoms with Crippen LogP contribution in [0.15, 0.2) is 218 Å². The van der Waals surface area contributed by atoms with Crippen LogP contribution >= 0.6 is 0 Å². The Balaban J connectivity index is 1.08. The van der Waals surface area contributed by atoms with Gasteiger partial charge in [0.25, 0.3) is 0 Å². The van der Waals surface area contributed by atoms with Gasteiger partial charge in [-0.2, -0.15) is 0 Å². The Kier molecular flexibility index (Phi) is 7.57. The third-order valence-electron chi connectivity index (χ3n) is 12.7. The number of rotatable bonds is 5. The fourth-order valence-electron chi connectivity index (χ4n) is 10.0. The smallest absolute Gasteiger partial charge is 0.235 e. The zero-order chi connectivity index (χ0) is 40.7. The van der Waals surface area contributed by atoms with Crippen molar-refractivity contribution >= 4 is 76.1 Å². The summed E-state index contributed by atoms with van der Waals surface area (Å²) in [5.74, 6) is 0.646. The maximum Gasteiger partial charge on any atom is 0.235 e. The minimum atomic E-state index is 0.646. The van der Waals surface area contributed by atoms with E-state index in [1.807, 2.05) is 0 Å². The molecule has 0 fully saturated rings. The summed E-state index contributed by atoms with van der Waals surface area (Å²) < 4.78 is 4.69. The van der Waals surface area contributed by atoms with Crippen molar-refractivity contribution in [3.8, 4) is 45.1 Å². The molecule has 3 aromatic heterocycles. The number of hydrogen-bond acceptors (Lipinski definition) is 2. The summed E-state index contributed by atoms with van der Waals surface area (Å²) in [5.41, 5.74) is 13.3. The standard InChI is InChI=1S/C58H36N4/c1-3-17-37(18-4-1)40-33-34-47(42-22-8-7-21-41(40)42)56-49-27-11-14-28-52(49)59-58(60-56)62-54-30-16-13-25-45(54)51-36-50(43-23-9-10-26-48(43)57(51)62)38-31-32-46-44-24-12-15-29-53(44)61(55(46)35-38)39-19-5-2-6-20-39/h1-36H. The molecule has 3 heterocycles. The molecule has 4 heteroatoms. The first-order valence-electron chi connectivity index (χ1n) is 21.2. The first-order valence-corrected chi connectivity index (χ1v) is 21.2. The summed E-state index contributed by atoms with van der Waals surface area (Å²) in [6, 6.07) is 78.5. The van der Waals surface area contributed by atoms with Gasteiger partial charge in [0.1, 0.15) is 0 Å². The summed E-state index contributed by atoms with van der Waals surface area (Å²) in [4.78, 5) is 11.0. The Morgan fingerprint density at radius 1 is 0.290 bits per heavy atom. The van der Waals surface area contributed by atoms with E-state index in [1.54, 1.807) is 0 Å². The normalized spacial score (nSPS) is 11.9. The number of para-hydroxylation sites is 4. The van der Waals surface area contributed by atoms with Crippen molar-refractivity contribution < 1.29 is 0 Å². The SMILES string of the molecule is c1ccc(-c2ccc(-c3nc(-n4c5ccccc5c5cc(-c6ccc7c8ccccc8n(-c8ccccc8)c7c6)c6ccccc6c54)nc4ccccc34)c3ccccc23)cc1. The van der Waals surface area contributed by atoms with Crippen LogP contribution in [0.4, 0.5) is 0 Å². The van der Waals surface area contributed by atoms with Gasteiger partial charge in [-0.3, -0.25) is 4.57 Å². The molecule has 0 N–H and O–H groups in total. The highest BCUT2D eigenvalue weighted by Crippen LogP contribution is 2.44. The van der Waals surface area contributed by atoms with E-state index in [-0.39, 0.29) is 0 Å². The lowest BCUT2D eigenvalue weighted by atomic mass is 9.93. The van der Waals surface area contributed by atoms with Gasteiger partial charge in [-0.1, -0.05) is 176 Å². The molecule has 0 saturated carbocycles. The lowest BCUT2D eigenvalue weighted by Gasteiger charge is -2.16. The zero-order valence-corrected chi connectivity index (χ0v) is 33.6. The van der Waals surface area contributed by atoms with E-state index in [0.29, 0.717) is 5.95 Å². The molecule has 62 heavy (non-hydrogen) atoms. The van der Waals surface area contributed by atoms with Crippen LogP contribution in [0.25, 0.3) is 121 Å². The Hall–Kier alpha value is -8.34. The summed E-state index contributed by atoms with van der Waals surface area (Å²) >= 11 is 0. The molecule has 0 amide bonds. The van der Waals surface area contributed by atoms with E-state index in [9.17, 15) is 0 Å². The summed E-state index contributed by atoms with van der Waals surface area (Å²) in [5, 5.41) is 10.5. The van der Waals surface area contributed by atoms with Gasteiger partial charge >= 0.3 is 0 Å². The Morgan fingerprint density at radius 2 is 0.823 bits per heavy atom. The Morgan fingerprint density at radius 3 is 1.56 bits per heavy atom. The fraction of sp³-hybridized carbons (Fsp3) is 0. The molecule has 0 radical (unpaired) electrons. The number of fused-ring (bicyclic) bond motifs is 10. The van der Waals surface area contributed by atoms with Crippen molar-refractivity contribution in [3.05, 3.63) is 218 Å². The molecule has 0 spiro atoms. The molecule has 13 rings (SSSR count). The van der Waals surface area contributed by atoms with Crippen LogP contribution in [-0.4, -0.2) is 19.1 Å². The average molecular weight is 789 g/mol. The van der Waals surface area contributed by atoms with Crippen LogP contribution in [0.1, 0.15) is 0 Å². The summed E-state index contributed by atoms with van der Waals surface area (Å²) in [6.45, 7) is 0. The van der Waals surface area contributed by atoms with Crippen molar-refractivity contribution in [2.75, 3.05) is 0 Å². The van der Waals surface area contributed by atoms with Crippen molar-refractivity contribution in [2.45, 2.75) is 0 Å². The average Bonchev–Trinajstić information content (AvgIpc) is 3.86. The quantitative estimate of drug-likeness (QED) is 0.174. The molecule has 288 valence electrons. The van der Waals surface area contributed by atoms with Gasteiger partial charge in [-0.25, -0.2) is 9.97 Å². The van der Waals surface area contributed by atoms with Gasteiger partial charge in [0.05, 0.1) is 33.3 Å². The predicted molar refractivity (Wildman–Crippen MR) is 260 cm³/mol. The van der Waals surface area contributed by atoms with Crippen molar-refractivity contribution in [1.82, 2.24) is 19.1 Å². The van der Waals surface area contributed by atoms with E-state index in [4.69, 9.17) is 9.97 Å². The molecule has 0 aliphatic carbocycles. The summed E-state index contributed by atoms with van der Waals surface area (Å²) in [7, 11) is 0. The minimum Gasteiger partial charge on any atom is -0.309 e. The van der Waals surface area contributed by atoms with Crippen LogP contribution in [-0.2, 0) is 0 Å². The first-order chi connectivity index (χ1) is 30.8. The highest BCUT2D eigenvalue weighted by Gasteiger charge is 2.22. The van der Waals surface area contributed by atoms with E-state index < -0.39 is 0 Å². The lowest BCUT2D eigenvalue weighted by molar-refractivity contribution is 1.02. The molecule has 0 aliphatic rings. The highest BCUT2D eigenvalue weighted by atomic mass is 15.2. The maximum absolute atomic E-state index is 5.60. The number of hydrogen-bond donors (Lipinski definition) is 0. The second kappa shape index (κ2) is 13.6. The van der Waals surface area contributed by atoms with Crippen LogP contribution in [0.3, 0.4) is 0 Å². The number of aromatic nitrogens is 4. The highest BCUT2D eigenvalue weighted by molar-refractivity contribution is 6.22. The second-order valence-electron chi connectivity index (χ2n) is 16.1. The molecule has 0 saturated heterocycles. The molecule has 0 aliphatic heterocycles. The van der Waals surface area contributed by atoms with Crippen LogP contribution in [0.2, 0.25) is 0 Å². The third-order valence-corrected chi connectivity index (χ3v) is 12.7. The molecule has 10 aromatic carbocycles. The Bertz CT molecular complexity index is 3920.